The van der Waals surface area contributed by atoms with Crippen molar-refractivity contribution in [1.29, 1.82) is 0 Å². The average Bonchev–Trinajstić information content (AvgIpc) is 3.70. The van der Waals surface area contributed by atoms with Crippen molar-refractivity contribution in [2.24, 2.45) is 0 Å². The number of rotatable bonds is 8. The quantitative estimate of drug-likeness (QED) is 0.270. The smallest absolute Gasteiger partial charge is 0.410 e. The van der Waals surface area contributed by atoms with Crippen LogP contribution >= 0.6 is 11.3 Å². The highest BCUT2D eigenvalue weighted by molar-refractivity contribution is 7.18. The molecule has 1 unspecified atom stereocenters. The van der Waals surface area contributed by atoms with E-state index in [1.54, 1.807) is 23.7 Å². The molecule has 0 saturated carbocycles. The minimum atomic E-state index is -0.369. The van der Waals surface area contributed by atoms with Gasteiger partial charge < -0.3 is 19.1 Å². The van der Waals surface area contributed by atoms with Crippen LogP contribution in [0.25, 0.3) is 10.3 Å². The van der Waals surface area contributed by atoms with Gasteiger partial charge in [0.2, 0.25) is 5.95 Å². The molecule has 42 heavy (non-hydrogen) atoms. The van der Waals surface area contributed by atoms with Gasteiger partial charge in [-0.15, -0.1) is 0 Å². The predicted octanol–water partition coefficient (Wildman–Crippen LogP) is 5.38. The van der Waals surface area contributed by atoms with Crippen molar-refractivity contribution in [2.75, 3.05) is 38.8 Å². The number of hydrogen-bond donors (Lipinski definition) is 0. The van der Waals surface area contributed by atoms with E-state index < -0.39 is 0 Å². The van der Waals surface area contributed by atoms with Crippen LogP contribution in [0, 0.1) is 0 Å². The Balaban J connectivity index is 1.34. The summed E-state index contributed by atoms with van der Waals surface area (Å²) < 4.78 is 18.3. The average molecular weight is 590 g/mol. The summed E-state index contributed by atoms with van der Waals surface area (Å²) in [5, 5.41) is 0.716. The molecule has 2 aliphatic heterocycles. The Labute approximate surface area is 248 Å². The maximum Gasteiger partial charge on any atom is 0.410 e. The molecule has 0 spiro atoms. The summed E-state index contributed by atoms with van der Waals surface area (Å²) in [7, 11) is 3.22. The molecule has 2 aromatic heterocycles. The summed E-state index contributed by atoms with van der Waals surface area (Å²) in [6.45, 7) is 2.76. The Kier molecular flexibility index (Phi) is 8.27. The molecular weight excluding hydrogens is 554 g/mol. The highest BCUT2D eigenvalue weighted by Crippen LogP contribution is 2.37. The van der Waals surface area contributed by atoms with Gasteiger partial charge in [-0.05, 0) is 49.8 Å². The largest absolute Gasteiger partial charge is 0.497 e. The zero-order valence-corrected chi connectivity index (χ0v) is 24.8. The minimum absolute atomic E-state index is 0.197. The Hall–Kier alpha value is -4.12. The molecule has 0 aliphatic carbocycles. The first-order chi connectivity index (χ1) is 20.6. The van der Waals surface area contributed by atoms with E-state index in [9.17, 15) is 9.59 Å². The van der Waals surface area contributed by atoms with Gasteiger partial charge in [-0.2, -0.15) is 0 Å². The first-order valence-corrected chi connectivity index (χ1v) is 15.2. The third-order valence-corrected chi connectivity index (χ3v) is 9.01. The second-order valence-corrected chi connectivity index (χ2v) is 11.6. The van der Waals surface area contributed by atoms with Crippen LogP contribution in [0.4, 0.5) is 10.7 Å². The Morgan fingerprint density at radius 2 is 1.79 bits per heavy atom. The van der Waals surface area contributed by atoms with Crippen molar-refractivity contribution in [2.45, 2.75) is 51.3 Å². The molecule has 0 N–H and O–H groups in total. The number of ether oxygens (including phenoxy) is 3. The van der Waals surface area contributed by atoms with Crippen LogP contribution in [0.3, 0.4) is 0 Å². The first-order valence-electron chi connectivity index (χ1n) is 14.4. The number of likely N-dealkylation sites (tertiary alicyclic amines) is 1. The molecule has 4 aromatic rings. The van der Waals surface area contributed by atoms with E-state index in [4.69, 9.17) is 24.2 Å². The number of anilines is 1. The van der Waals surface area contributed by atoms with E-state index in [-0.39, 0.29) is 30.8 Å². The van der Waals surface area contributed by atoms with Crippen LogP contribution in [0.5, 0.6) is 11.5 Å². The monoisotopic (exact) mass is 589 g/mol. The second-order valence-electron chi connectivity index (χ2n) is 10.6. The van der Waals surface area contributed by atoms with Crippen LogP contribution < -0.4 is 19.9 Å². The van der Waals surface area contributed by atoms with Crippen molar-refractivity contribution < 1.29 is 19.0 Å². The Morgan fingerprint density at radius 3 is 2.55 bits per heavy atom. The third-order valence-electron chi connectivity index (χ3n) is 7.96. The van der Waals surface area contributed by atoms with Crippen LogP contribution in [0.1, 0.15) is 54.3 Å². The van der Waals surface area contributed by atoms with Crippen molar-refractivity contribution in [1.82, 2.24) is 19.4 Å². The molecule has 4 heterocycles. The predicted molar refractivity (Wildman–Crippen MR) is 162 cm³/mol. The fourth-order valence-corrected chi connectivity index (χ4v) is 6.80. The summed E-state index contributed by atoms with van der Waals surface area (Å²) in [5.74, 6) is 1.96. The van der Waals surface area contributed by atoms with Gasteiger partial charge in [0.05, 0.1) is 26.8 Å². The molecule has 2 aromatic carbocycles. The summed E-state index contributed by atoms with van der Waals surface area (Å²) in [6, 6.07) is 15.0. The number of amides is 1. The lowest BCUT2D eigenvalue weighted by molar-refractivity contribution is 0.0920. The lowest BCUT2D eigenvalue weighted by Gasteiger charge is -2.29. The van der Waals surface area contributed by atoms with Gasteiger partial charge in [-0.1, -0.05) is 41.7 Å². The zero-order valence-electron chi connectivity index (χ0n) is 24.0. The lowest BCUT2D eigenvalue weighted by atomic mass is 10.1. The van der Waals surface area contributed by atoms with Gasteiger partial charge in [0.25, 0.3) is 5.56 Å². The molecule has 1 amide bonds. The molecule has 0 bridgehead atoms. The standard InChI is InChI=1S/C31H35N5O5S/c1-39-23-14-13-22(25(18-23)40-2)19-36-29(37)26-28(33-30(36)34-15-7-4-8-16-34)42-27(32-26)24-12-9-17-35(24)31(38)41-20-21-10-5-3-6-11-21/h3,5-6,10-11,13-14,18,24H,4,7-9,12,15-17,19-20H2,1-2H3. The number of carbonyl (C=O) groups excluding carboxylic acids is 1. The van der Waals surface area contributed by atoms with Gasteiger partial charge in [-0.3, -0.25) is 14.3 Å². The van der Waals surface area contributed by atoms with Gasteiger partial charge in [-0.25, -0.2) is 14.8 Å². The Morgan fingerprint density at radius 1 is 0.976 bits per heavy atom. The van der Waals surface area contributed by atoms with Gasteiger partial charge in [0, 0.05) is 31.3 Å². The number of nitrogens with zero attached hydrogens (tertiary/aromatic N) is 5. The minimum Gasteiger partial charge on any atom is -0.497 e. The molecule has 220 valence electrons. The SMILES string of the molecule is COc1ccc(Cn2c(N3CCCCC3)nc3sc(C4CCCN4C(=O)OCc4ccccc4)nc3c2=O)c(OC)c1. The van der Waals surface area contributed by atoms with Crippen molar-refractivity contribution in [3.05, 3.63) is 75.0 Å². The topological polar surface area (TPSA) is 99.0 Å². The normalized spacial score (nSPS) is 17.0. The summed E-state index contributed by atoms with van der Waals surface area (Å²) >= 11 is 1.40. The number of piperidine rings is 1. The number of benzene rings is 2. The van der Waals surface area contributed by atoms with E-state index in [1.807, 2.05) is 48.5 Å². The van der Waals surface area contributed by atoms with Crippen LogP contribution in [-0.2, 0) is 17.9 Å². The molecule has 1 atom stereocenters. The van der Waals surface area contributed by atoms with Gasteiger partial charge >= 0.3 is 6.09 Å². The number of thiazole rings is 1. The van der Waals surface area contributed by atoms with Crippen molar-refractivity contribution in [3.63, 3.8) is 0 Å². The number of fused-ring (bicyclic) bond motifs is 1. The molecule has 0 radical (unpaired) electrons. The van der Waals surface area contributed by atoms with E-state index >= 15 is 0 Å². The highest BCUT2D eigenvalue weighted by atomic mass is 32.1. The fourth-order valence-electron chi connectivity index (χ4n) is 5.73. The van der Waals surface area contributed by atoms with Gasteiger partial charge in [0.1, 0.15) is 23.1 Å². The third kappa shape index (κ3) is 5.65. The molecule has 2 saturated heterocycles. The number of carbonyl (C=O) groups is 1. The molecule has 10 nitrogen and oxygen atoms in total. The molecule has 2 aliphatic rings. The van der Waals surface area contributed by atoms with Crippen molar-refractivity contribution in [3.8, 4) is 11.5 Å². The second kappa shape index (κ2) is 12.4. The fraction of sp³-hybridized carbons (Fsp3) is 0.419. The summed E-state index contributed by atoms with van der Waals surface area (Å²) in [5.41, 5.74) is 1.91. The Bertz CT molecular complexity index is 1620. The zero-order chi connectivity index (χ0) is 29.1. The number of aromatic nitrogens is 3. The van der Waals surface area contributed by atoms with E-state index in [0.29, 0.717) is 39.3 Å². The van der Waals surface area contributed by atoms with E-state index in [2.05, 4.69) is 4.90 Å². The van der Waals surface area contributed by atoms with Crippen LogP contribution in [-0.4, -0.2) is 59.4 Å². The highest BCUT2D eigenvalue weighted by Gasteiger charge is 2.34. The van der Waals surface area contributed by atoms with Crippen LogP contribution in [0.15, 0.2) is 53.3 Å². The maximum atomic E-state index is 14.1. The first kappa shape index (κ1) is 28.0. The van der Waals surface area contributed by atoms with Crippen molar-refractivity contribution >= 4 is 33.7 Å². The number of hydrogen-bond acceptors (Lipinski definition) is 9. The molecule has 6 rings (SSSR count). The number of methoxy groups -OCH3 is 2. The summed E-state index contributed by atoms with van der Waals surface area (Å²) in [6.07, 6.45) is 4.50. The molecular formula is C31H35N5O5S. The summed E-state index contributed by atoms with van der Waals surface area (Å²) in [4.78, 5) is 41.5. The molecule has 11 heteroatoms. The van der Waals surface area contributed by atoms with Crippen LogP contribution in [0.2, 0.25) is 0 Å². The maximum absolute atomic E-state index is 14.1. The van der Waals surface area contributed by atoms with E-state index in [1.165, 1.54) is 11.3 Å². The lowest BCUT2D eigenvalue weighted by Crippen LogP contribution is -2.36. The van der Waals surface area contributed by atoms with Gasteiger partial charge in [0.15, 0.2) is 10.3 Å². The molecule has 2 fully saturated rings. The van der Waals surface area contributed by atoms with E-state index in [0.717, 1.165) is 56.3 Å².